The van der Waals surface area contributed by atoms with E-state index in [-0.39, 0.29) is 11.9 Å². The Morgan fingerprint density at radius 2 is 2.00 bits per heavy atom. The number of anilines is 1. The molecule has 2 N–H and O–H groups in total. The molecule has 4 heteroatoms. The maximum absolute atomic E-state index is 14.1. The second-order valence-corrected chi connectivity index (χ2v) is 6.32. The molecule has 0 fully saturated rings. The first-order valence-electron chi connectivity index (χ1n) is 6.86. The number of benzene rings is 1. The van der Waals surface area contributed by atoms with E-state index in [9.17, 15) is 4.39 Å². The van der Waals surface area contributed by atoms with E-state index in [1.807, 2.05) is 24.0 Å². The maximum Gasteiger partial charge on any atom is 0.146 e. The van der Waals surface area contributed by atoms with E-state index in [1.165, 1.54) is 21.4 Å². The van der Waals surface area contributed by atoms with E-state index in [0.717, 1.165) is 6.54 Å². The minimum atomic E-state index is -0.197. The van der Waals surface area contributed by atoms with E-state index < -0.39 is 0 Å². The Kier molecular flexibility index (Phi) is 4.78. The first-order valence-corrected chi connectivity index (χ1v) is 7.68. The summed E-state index contributed by atoms with van der Waals surface area (Å²) in [6.07, 6.45) is 0. The predicted octanol–water partition coefficient (Wildman–Crippen LogP) is 4.03. The van der Waals surface area contributed by atoms with Crippen LogP contribution >= 0.6 is 11.3 Å². The summed E-state index contributed by atoms with van der Waals surface area (Å²) in [7, 11) is 0. The van der Waals surface area contributed by atoms with Crippen molar-refractivity contribution < 1.29 is 4.39 Å². The molecule has 0 aliphatic rings. The van der Waals surface area contributed by atoms with Crippen molar-refractivity contribution in [3.63, 3.8) is 0 Å². The lowest BCUT2D eigenvalue weighted by Crippen LogP contribution is -2.34. The molecule has 0 aliphatic carbocycles. The van der Waals surface area contributed by atoms with Crippen molar-refractivity contribution in [3.8, 4) is 0 Å². The second kappa shape index (κ2) is 6.37. The Balaban J connectivity index is 2.43. The Morgan fingerprint density at radius 1 is 1.30 bits per heavy atom. The molecule has 0 saturated heterocycles. The average Bonchev–Trinajstić information content (AvgIpc) is 2.76. The zero-order valence-corrected chi connectivity index (χ0v) is 13.0. The Labute approximate surface area is 124 Å². The van der Waals surface area contributed by atoms with Gasteiger partial charge in [-0.25, -0.2) is 4.39 Å². The summed E-state index contributed by atoms with van der Waals surface area (Å²) in [5.74, 6) is -0.197. The summed E-state index contributed by atoms with van der Waals surface area (Å²) < 4.78 is 14.1. The molecule has 0 bridgehead atoms. The van der Waals surface area contributed by atoms with Gasteiger partial charge in [0.2, 0.25) is 0 Å². The Bertz CT molecular complexity index is 580. The van der Waals surface area contributed by atoms with Gasteiger partial charge in [0, 0.05) is 22.8 Å². The van der Waals surface area contributed by atoms with Gasteiger partial charge in [0.05, 0.1) is 11.7 Å². The van der Waals surface area contributed by atoms with Gasteiger partial charge in [0.1, 0.15) is 5.82 Å². The van der Waals surface area contributed by atoms with Crippen LogP contribution in [0.1, 0.15) is 28.3 Å². The van der Waals surface area contributed by atoms with Gasteiger partial charge >= 0.3 is 0 Å². The van der Waals surface area contributed by atoms with Crippen LogP contribution in [0.2, 0.25) is 0 Å². The molecule has 1 unspecified atom stereocenters. The molecule has 2 aromatic rings. The third kappa shape index (κ3) is 2.86. The zero-order chi connectivity index (χ0) is 14.7. The first-order chi connectivity index (χ1) is 9.58. The van der Waals surface area contributed by atoms with Crippen LogP contribution in [0.15, 0.2) is 30.3 Å². The average molecular weight is 292 g/mol. The van der Waals surface area contributed by atoms with Gasteiger partial charge in [0.15, 0.2) is 0 Å². The molecule has 1 aromatic carbocycles. The van der Waals surface area contributed by atoms with Crippen molar-refractivity contribution in [1.29, 1.82) is 0 Å². The van der Waals surface area contributed by atoms with Crippen LogP contribution < -0.4 is 10.6 Å². The van der Waals surface area contributed by atoms with E-state index >= 15 is 0 Å². The molecule has 2 rings (SSSR count). The summed E-state index contributed by atoms with van der Waals surface area (Å²) in [4.78, 5) is 4.57. The number of thiophene rings is 1. The van der Waals surface area contributed by atoms with Gasteiger partial charge in [-0.15, -0.1) is 11.3 Å². The molecular formula is C16H21FN2S. The highest BCUT2D eigenvalue weighted by molar-refractivity contribution is 7.12. The molecule has 0 amide bonds. The van der Waals surface area contributed by atoms with Crippen LogP contribution in [0, 0.1) is 19.7 Å². The standard InChI is InChI=1S/C16H21FN2S/c1-4-19(15-8-6-5-7-14(15)17)16(10-18)13-9-11(2)20-12(13)3/h5-9,16H,4,10,18H2,1-3H3. The molecule has 0 saturated carbocycles. The molecule has 0 spiro atoms. The smallest absolute Gasteiger partial charge is 0.146 e. The monoisotopic (exact) mass is 292 g/mol. The minimum Gasteiger partial charge on any atom is -0.361 e. The highest BCUT2D eigenvalue weighted by Crippen LogP contribution is 2.33. The normalized spacial score (nSPS) is 12.4. The number of rotatable bonds is 5. The lowest BCUT2D eigenvalue weighted by atomic mass is 10.0. The van der Waals surface area contributed by atoms with E-state index in [0.29, 0.717) is 12.2 Å². The molecule has 20 heavy (non-hydrogen) atoms. The van der Waals surface area contributed by atoms with Crippen molar-refractivity contribution in [2.75, 3.05) is 18.0 Å². The van der Waals surface area contributed by atoms with Gasteiger partial charge in [-0.2, -0.15) is 0 Å². The topological polar surface area (TPSA) is 29.3 Å². The van der Waals surface area contributed by atoms with Gasteiger partial charge in [-0.3, -0.25) is 0 Å². The van der Waals surface area contributed by atoms with Crippen molar-refractivity contribution >= 4 is 17.0 Å². The van der Waals surface area contributed by atoms with Crippen LogP contribution in [-0.2, 0) is 0 Å². The van der Waals surface area contributed by atoms with Crippen molar-refractivity contribution in [1.82, 2.24) is 0 Å². The molecule has 0 aliphatic heterocycles. The van der Waals surface area contributed by atoms with Crippen LogP contribution in [0.25, 0.3) is 0 Å². The number of halogens is 1. The summed E-state index contributed by atoms with van der Waals surface area (Å²) in [6.45, 7) is 7.42. The van der Waals surface area contributed by atoms with Gasteiger partial charge in [-0.1, -0.05) is 12.1 Å². The lowest BCUT2D eigenvalue weighted by Gasteiger charge is -2.32. The van der Waals surface area contributed by atoms with Gasteiger partial charge < -0.3 is 10.6 Å². The third-order valence-electron chi connectivity index (χ3n) is 3.54. The Morgan fingerprint density at radius 3 is 2.50 bits per heavy atom. The highest BCUT2D eigenvalue weighted by Gasteiger charge is 2.23. The third-order valence-corrected chi connectivity index (χ3v) is 4.52. The number of nitrogens with zero attached hydrogens (tertiary/aromatic N) is 1. The van der Waals surface area contributed by atoms with Gasteiger partial charge in [-0.05, 0) is 44.5 Å². The first kappa shape index (κ1) is 15.0. The van der Waals surface area contributed by atoms with Crippen LogP contribution in [0.5, 0.6) is 0 Å². The second-order valence-electron chi connectivity index (χ2n) is 4.86. The molecule has 1 atom stereocenters. The van der Waals surface area contributed by atoms with Crippen LogP contribution in [0.4, 0.5) is 10.1 Å². The van der Waals surface area contributed by atoms with Crippen molar-refractivity contribution in [2.24, 2.45) is 5.73 Å². The molecule has 0 radical (unpaired) electrons. The minimum absolute atomic E-state index is 0.0156. The van der Waals surface area contributed by atoms with Crippen molar-refractivity contribution in [2.45, 2.75) is 26.8 Å². The van der Waals surface area contributed by atoms with Crippen molar-refractivity contribution in [3.05, 3.63) is 51.5 Å². The molecule has 1 heterocycles. The summed E-state index contributed by atoms with van der Waals surface area (Å²) >= 11 is 1.76. The van der Waals surface area contributed by atoms with Crippen LogP contribution in [0.3, 0.4) is 0 Å². The number of aryl methyl sites for hydroxylation is 2. The molecule has 1 aromatic heterocycles. The zero-order valence-electron chi connectivity index (χ0n) is 12.2. The number of likely N-dealkylation sites (N-methyl/N-ethyl adjacent to an activating group) is 1. The van der Waals surface area contributed by atoms with E-state index in [4.69, 9.17) is 5.73 Å². The molecule has 2 nitrogen and oxygen atoms in total. The largest absolute Gasteiger partial charge is 0.361 e. The number of nitrogens with two attached hydrogens (primary N) is 1. The fourth-order valence-electron chi connectivity index (χ4n) is 2.65. The van der Waals surface area contributed by atoms with E-state index in [2.05, 4.69) is 19.9 Å². The summed E-state index contributed by atoms with van der Waals surface area (Å²) in [5.41, 5.74) is 7.81. The van der Waals surface area contributed by atoms with E-state index in [1.54, 1.807) is 17.4 Å². The Hall–Kier alpha value is -1.39. The van der Waals surface area contributed by atoms with Crippen LogP contribution in [-0.4, -0.2) is 13.1 Å². The molecule has 108 valence electrons. The summed E-state index contributed by atoms with van der Waals surface area (Å²) in [6, 6.07) is 9.07. The number of hydrogen-bond acceptors (Lipinski definition) is 3. The predicted molar refractivity (Wildman–Crippen MR) is 85.0 cm³/mol. The SMILES string of the molecule is CCN(c1ccccc1F)C(CN)c1cc(C)sc1C. The number of hydrogen-bond donors (Lipinski definition) is 1. The summed E-state index contributed by atoms with van der Waals surface area (Å²) in [5, 5.41) is 0. The lowest BCUT2D eigenvalue weighted by molar-refractivity contribution is 0.588. The number of para-hydroxylation sites is 1. The quantitative estimate of drug-likeness (QED) is 0.901. The fourth-order valence-corrected chi connectivity index (χ4v) is 3.63. The molecular weight excluding hydrogens is 271 g/mol. The highest BCUT2D eigenvalue weighted by atomic mass is 32.1. The maximum atomic E-state index is 14.1. The van der Waals surface area contributed by atoms with Gasteiger partial charge in [0.25, 0.3) is 0 Å². The fraction of sp³-hybridized carbons (Fsp3) is 0.375.